The van der Waals surface area contributed by atoms with Gasteiger partial charge in [-0.1, -0.05) is 30.3 Å². The van der Waals surface area contributed by atoms with Crippen molar-refractivity contribution in [1.82, 2.24) is 14.7 Å². The number of hydrogen-bond acceptors (Lipinski definition) is 3. The van der Waals surface area contributed by atoms with Crippen LogP contribution >= 0.6 is 0 Å². The summed E-state index contributed by atoms with van der Waals surface area (Å²) in [7, 11) is 0. The zero-order valence-corrected chi connectivity index (χ0v) is 16.8. The molecule has 0 fully saturated rings. The van der Waals surface area contributed by atoms with Gasteiger partial charge in [0.15, 0.2) is 0 Å². The highest BCUT2D eigenvalue weighted by atomic mass is 16.2. The Morgan fingerprint density at radius 3 is 2.59 bits per heavy atom. The van der Waals surface area contributed by atoms with Crippen LogP contribution in [0.25, 0.3) is 5.69 Å². The lowest BCUT2D eigenvalue weighted by Crippen LogP contribution is -2.27. The quantitative estimate of drug-likeness (QED) is 0.636. The van der Waals surface area contributed by atoms with E-state index in [1.807, 2.05) is 72.4 Å². The summed E-state index contributed by atoms with van der Waals surface area (Å²) in [6.07, 6.45) is 4.73. The van der Waals surface area contributed by atoms with Gasteiger partial charge in [0.2, 0.25) is 11.8 Å². The van der Waals surface area contributed by atoms with E-state index in [1.165, 1.54) is 0 Å². The summed E-state index contributed by atoms with van der Waals surface area (Å²) in [6.45, 7) is 4.71. The van der Waals surface area contributed by atoms with Gasteiger partial charge in [-0.2, -0.15) is 5.10 Å². The Balaban J connectivity index is 1.54. The zero-order chi connectivity index (χ0) is 20.6. The number of aromatic nitrogens is 2. The average molecular weight is 390 g/mol. The molecule has 1 N–H and O–H groups in total. The minimum Gasteiger partial charge on any atom is -0.339 e. The number of amides is 2. The van der Waals surface area contributed by atoms with Gasteiger partial charge in [0.05, 0.1) is 11.9 Å². The lowest BCUT2D eigenvalue weighted by molar-refractivity contribution is -0.129. The normalized spacial score (nSPS) is 10.6. The molecule has 0 aliphatic heterocycles. The van der Waals surface area contributed by atoms with Crippen molar-refractivity contribution in [2.24, 2.45) is 0 Å². The molecule has 0 spiro atoms. The van der Waals surface area contributed by atoms with E-state index in [-0.39, 0.29) is 11.8 Å². The molecule has 3 aromatic rings. The van der Waals surface area contributed by atoms with Crippen LogP contribution in [0, 0.1) is 0 Å². The number of nitrogens with zero attached hydrogens (tertiary/aromatic N) is 3. The third-order valence-corrected chi connectivity index (χ3v) is 4.71. The van der Waals surface area contributed by atoms with Gasteiger partial charge in [-0.15, -0.1) is 0 Å². The zero-order valence-electron chi connectivity index (χ0n) is 16.8. The van der Waals surface area contributed by atoms with Gasteiger partial charge < -0.3 is 10.2 Å². The van der Waals surface area contributed by atoms with Crippen molar-refractivity contribution in [3.05, 3.63) is 78.1 Å². The molecule has 0 aliphatic carbocycles. The summed E-state index contributed by atoms with van der Waals surface area (Å²) in [5.74, 6) is -0.00786. The van der Waals surface area contributed by atoms with Crippen molar-refractivity contribution in [3.63, 3.8) is 0 Å². The van der Waals surface area contributed by atoms with Gasteiger partial charge in [0.1, 0.15) is 0 Å². The topological polar surface area (TPSA) is 67.2 Å². The highest BCUT2D eigenvalue weighted by Crippen LogP contribution is 2.14. The maximum absolute atomic E-state index is 12.4. The number of nitrogens with one attached hydrogen (secondary N) is 1. The summed E-state index contributed by atoms with van der Waals surface area (Å²) in [5.41, 5.74) is 3.74. The molecule has 0 atom stereocenters. The number of rotatable bonds is 8. The van der Waals surface area contributed by atoms with Crippen LogP contribution in [0.15, 0.2) is 67.0 Å². The van der Waals surface area contributed by atoms with Crippen molar-refractivity contribution < 1.29 is 9.59 Å². The highest BCUT2D eigenvalue weighted by molar-refractivity contribution is 5.90. The summed E-state index contributed by atoms with van der Waals surface area (Å²) in [6, 6.07) is 17.5. The standard InChI is InChI=1S/C23H26N4O2/c1-3-26(18(2)28)16-19-8-7-9-21(14-19)25-23(29)13-12-20-15-24-27(17-20)22-10-5-4-6-11-22/h4-11,14-15,17H,3,12-13,16H2,1-2H3,(H,25,29). The van der Waals surface area contributed by atoms with E-state index >= 15 is 0 Å². The van der Waals surface area contributed by atoms with Gasteiger partial charge in [0, 0.05) is 38.3 Å². The first-order valence-electron chi connectivity index (χ1n) is 9.78. The van der Waals surface area contributed by atoms with E-state index in [1.54, 1.807) is 18.0 Å². The van der Waals surface area contributed by atoms with E-state index in [2.05, 4.69) is 10.4 Å². The van der Waals surface area contributed by atoms with Crippen LogP contribution < -0.4 is 5.32 Å². The first-order valence-corrected chi connectivity index (χ1v) is 9.78. The Labute approximate surface area is 171 Å². The summed E-state index contributed by atoms with van der Waals surface area (Å²) in [4.78, 5) is 25.7. The van der Waals surface area contributed by atoms with E-state index in [9.17, 15) is 9.59 Å². The molecule has 29 heavy (non-hydrogen) atoms. The molecule has 0 aliphatic rings. The van der Waals surface area contributed by atoms with Crippen molar-refractivity contribution in [2.45, 2.75) is 33.2 Å². The molecule has 0 saturated heterocycles. The maximum Gasteiger partial charge on any atom is 0.224 e. The molecule has 1 heterocycles. The number of anilines is 1. The number of aryl methyl sites for hydroxylation is 1. The molecule has 6 heteroatoms. The van der Waals surface area contributed by atoms with Crippen LogP contribution in [0.5, 0.6) is 0 Å². The lowest BCUT2D eigenvalue weighted by atomic mass is 10.1. The molecule has 3 rings (SSSR count). The third-order valence-electron chi connectivity index (χ3n) is 4.71. The Kier molecular flexibility index (Phi) is 6.79. The van der Waals surface area contributed by atoms with E-state index in [0.29, 0.717) is 25.9 Å². The SMILES string of the molecule is CCN(Cc1cccc(NC(=O)CCc2cnn(-c3ccccc3)c2)c1)C(C)=O. The second-order valence-corrected chi connectivity index (χ2v) is 6.91. The molecule has 0 radical (unpaired) electrons. The molecule has 0 bridgehead atoms. The molecule has 1 aromatic heterocycles. The van der Waals surface area contributed by atoms with Gasteiger partial charge in [0.25, 0.3) is 0 Å². The predicted octanol–water partition coefficient (Wildman–Crippen LogP) is 3.81. The largest absolute Gasteiger partial charge is 0.339 e. The van der Waals surface area contributed by atoms with E-state index < -0.39 is 0 Å². The fraction of sp³-hybridized carbons (Fsp3) is 0.261. The van der Waals surface area contributed by atoms with Crippen LogP contribution in [-0.4, -0.2) is 33.0 Å². The fourth-order valence-corrected chi connectivity index (χ4v) is 3.11. The molecular weight excluding hydrogens is 364 g/mol. The van der Waals surface area contributed by atoms with Crippen molar-refractivity contribution in [3.8, 4) is 5.69 Å². The van der Waals surface area contributed by atoms with Crippen LogP contribution in [0.1, 0.15) is 31.4 Å². The molecule has 0 unspecified atom stereocenters. The summed E-state index contributed by atoms with van der Waals surface area (Å²) in [5, 5.41) is 7.30. The van der Waals surface area contributed by atoms with Gasteiger partial charge >= 0.3 is 0 Å². The fourth-order valence-electron chi connectivity index (χ4n) is 3.11. The second-order valence-electron chi connectivity index (χ2n) is 6.91. The minimum absolute atomic E-state index is 0.0398. The van der Waals surface area contributed by atoms with Crippen LogP contribution in [0.2, 0.25) is 0 Å². The van der Waals surface area contributed by atoms with Crippen LogP contribution in [0.3, 0.4) is 0 Å². The Bertz CT molecular complexity index is 966. The smallest absolute Gasteiger partial charge is 0.224 e. The van der Waals surface area contributed by atoms with Crippen molar-refractivity contribution in [1.29, 1.82) is 0 Å². The average Bonchev–Trinajstić information content (AvgIpc) is 3.20. The van der Waals surface area contributed by atoms with Crippen molar-refractivity contribution >= 4 is 17.5 Å². The number of para-hydroxylation sites is 1. The number of carbonyl (C=O) groups excluding carboxylic acids is 2. The molecule has 6 nitrogen and oxygen atoms in total. The molecule has 2 amide bonds. The van der Waals surface area contributed by atoms with Crippen LogP contribution in [0.4, 0.5) is 5.69 Å². The van der Waals surface area contributed by atoms with Gasteiger partial charge in [-0.05, 0) is 48.7 Å². The summed E-state index contributed by atoms with van der Waals surface area (Å²) >= 11 is 0. The molecular formula is C23H26N4O2. The molecule has 150 valence electrons. The maximum atomic E-state index is 12.4. The molecule has 0 saturated carbocycles. The highest BCUT2D eigenvalue weighted by Gasteiger charge is 2.09. The van der Waals surface area contributed by atoms with E-state index in [4.69, 9.17) is 0 Å². The third kappa shape index (κ3) is 5.78. The van der Waals surface area contributed by atoms with Gasteiger partial charge in [-0.3, -0.25) is 9.59 Å². The van der Waals surface area contributed by atoms with E-state index in [0.717, 1.165) is 22.5 Å². The molecule has 2 aromatic carbocycles. The van der Waals surface area contributed by atoms with Crippen molar-refractivity contribution in [2.75, 3.05) is 11.9 Å². The Morgan fingerprint density at radius 1 is 1.07 bits per heavy atom. The van der Waals surface area contributed by atoms with Gasteiger partial charge in [-0.25, -0.2) is 4.68 Å². The number of benzene rings is 2. The first kappa shape index (κ1) is 20.3. The number of hydrogen-bond donors (Lipinski definition) is 1. The minimum atomic E-state index is -0.0477. The monoisotopic (exact) mass is 390 g/mol. The first-order chi connectivity index (χ1) is 14.0. The van der Waals surface area contributed by atoms with Crippen LogP contribution in [-0.2, 0) is 22.6 Å². The lowest BCUT2D eigenvalue weighted by Gasteiger charge is -2.19. The Morgan fingerprint density at radius 2 is 1.86 bits per heavy atom. The predicted molar refractivity (Wildman–Crippen MR) is 114 cm³/mol. The number of carbonyl (C=O) groups is 2. The Hall–Kier alpha value is -3.41. The summed E-state index contributed by atoms with van der Waals surface area (Å²) < 4.78 is 1.81. The second kappa shape index (κ2) is 9.68.